The summed E-state index contributed by atoms with van der Waals surface area (Å²) in [6.45, 7) is 2.06. The smallest absolute Gasteiger partial charge is 0.320 e. The average molecular weight is 412 g/mol. The second-order valence-corrected chi connectivity index (χ2v) is 8.03. The Labute approximate surface area is 171 Å². The molecule has 154 valence electrons. The van der Waals surface area contributed by atoms with Gasteiger partial charge in [-0.3, -0.25) is 4.79 Å². The lowest BCUT2D eigenvalue weighted by atomic mass is 10.0. The van der Waals surface area contributed by atoms with Crippen molar-refractivity contribution < 1.29 is 18.0 Å². The van der Waals surface area contributed by atoms with Gasteiger partial charge in [0.1, 0.15) is 12.2 Å². The fourth-order valence-corrected chi connectivity index (χ4v) is 4.67. The molecule has 2 aromatic carbocycles. The van der Waals surface area contributed by atoms with E-state index < -0.39 is 17.6 Å². The van der Waals surface area contributed by atoms with Crippen LogP contribution < -0.4 is 4.90 Å². The van der Waals surface area contributed by atoms with Crippen molar-refractivity contribution in [1.82, 2.24) is 14.8 Å². The Bertz CT molecular complexity index is 1150. The van der Waals surface area contributed by atoms with Crippen LogP contribution in [0.25, 0.3) is 0 Å². The second-order valence-electron chi connectivity index (χ2n) is 8.03. The van der Waals surface area contributed by atoms with Gasteiger partial charge in [-0.25, -0.2) is 0 Å². The third-order valence-electron chi connectivity index (χ3n) is 6.26. The first-order valence-corrected chi connectivity index (χ1v) is 9.72. The highest BCUT2D eigenvalue weighted by atomic mass is 19.4. The van der Waals surface area contributed by atoms with Crippen LogP contribution >= 0.6 is 0 Å². The van der Waals surface area contributed by atoms with Crippen LogP contribution in [0.3, 0.4) is 0 Å². The first-order valence-electron chi connectivity index (χ1n) is 9.72. The normalized spacial score (nSPS) is 23.0. The van der Waals surface area contributed by atoms with Crippen molar-refractivity contribution in [3.8, 4) is 0 Å². The van der Waals surface area contributed by atoms with E-state index in [0.29, 0.717) is 11.6 Å². The van der Waals surface area contributed by atoms with Crippen LogP contribution in [0, 0.1) is 5.92 Å². The molecule has 2 aliphatic rings. The summed E-state index contributed by atoms with van der Waals surface area (Å²) in [6, 6.07) is 11.3. The summed E-state index contributed by atoms with van der Waals surface area (Å²) in [7, 11) is 1.91. The number of amides is 1. The van der Waals surface area contributed by atoms with E-state index in [1.165, 1.54) is 17.0 Å². The number of halogens is 3. The van der Waals surface area contributed by atoms with Gasteiger partial charge in [-0.1, -0.05) is 25.1 Å². The molecule has 1 saturated carbocycles. The number of aromatic nitrogens is 3. The number of rotatable bonds is 3. The molecule has 2 heterocycles. The van der Waals surface area contributed by atoms with Gasteiger partial charge in [0.15, 0.2) is 0 Å². The topological polar surface area (TPSA) is 51.0 Å². The number of carbonyl (C=O) groups excluding carboxylic acids is 1. The fraction of sp³-hybridized carbons (Fsp3) is 0.318. The Morgan fingerprint density at radius 3 is 2.57 bits per heavy atom. The number of carbonyl (C=O) groups is 1. The Kier molecular flexibility index (Phi) is 4.03. The number of aryl methyl sites for hydroxylation is 1. The summed E-state index contributed by atoms with van der Waals surface area (Å²) in [4.78, 5) is 14.3. The zero-order valence-corrected chi connectivity index (χ0v) is 16.4. The third-order valence-corrected chi connectivity index (χ3v) is 6.26. The minimum absolute atomic E-state index is 0.0390. The van der Waals surface area contributed by atoms with E-state index in [9.17, 15) is 18.0 Å². The molecule has 0 N–H and O–H groups in total. The molecule has 0 saturated heterocycles. The molecule has 1 amide bonds. The lowest BCUT2D eigenvalue weighted by Gasteiger charge is -2.17. The molecule has 0 unspecified atom stereocenters. The highest BCUT2D eigenvalue weighted by Gasteiger charge is 2.51. The van der Waals surface area contributed by atoms with Crippen molar-refractivity contribution in [2.75, 3.05) is 4.90 Å². The van der Waals surface area contributed by atoms with E-state index >= 15 is 0 Å². The number of nitrogens with zero attached hydrogens (tertiary/aromatic N) is 4. The van der Waals surface area contributed by atoms with Crippen LogP contribution in [0.15, 0.2) is 48.8 Å². The van der Waals surface area contributed by atoms with E-state index in [1.54, 1.807) is 12.4 Å². The molecule has 1 fully saturated rings. The molecule has 8 heteroatoms. The Balaban J connectivity index is 1.46. The highest BCUT2D eigenvalue weighted by Crippen LogP contribution is 2.59. The van der Waals surface area contributed by atoms with Crippen LogP contribution in [0.5, 0.6) is 0 Å². The summed E-state index contributed by atoms with van der Waals surface area (Å²) in [5.74, 6) is 1.35. The molecule has 5 nitrogen and oxygen atoms in total. The fourth-order valence-electron chi connectivity index (χ4n) is 4.67. The van der Waals surface area contributed by atoms with Gasteiger partial charge in [-0.15, -0.1) is 10.2 Å². The maximum absolute atomic E-state index is 13.4. The first-order chi connectivity index (χ1) is 14.3. The Morgan fingerprint density at radius 2 is 1.87 bits per heavy atom. The van der Waals surface area contributed by atoms with Gasteiger partial charge in [0, 0.05) is 24.2 Å². The van der Waals surface area contributed by atoms with E-state index in [0.717, 1.165) is 17.5 Å². The van der Waals surface area contributed by atoms with Crippen LogP contribution in [0.1, 0.15) is 51.6 Å². The standard InChI is InChI=1S/C22H19F3N4O/c1-12-18(19(12)20-27-26-11-28(20)2)13-5-3-6-14(9-13)29-10-16-15(21(29)30)7-4-8-17(16)22(23,24)25/h3-9,11-12,18-19H,10H2,1-2H3/t12-,18+,19-/m1/s1. The summed E-state index contributed by atoms with van der Waals surface area (Å²) in [5, 5.41) is 8.17. The molecular formula is C22H19F3N4O. The van der Waals surface area contributed by atoms with E-state index in [1.807, 2.05) is 29.8 Å². The highest BCUT2D eigenvalue weighted by molar-refractivity contribution is 6.10. The van der Waals surface area contributed by atoms with E-state index in [4.69, 9.17) is 0 Å². The molecular weight excluding hydrogens is 393 g/mol. The minimum atomic E-state index is -4.49. The van der Waals surface area contributed by atoms with Gasteiger partial charge < -0.3 is 9.47 Å². The van der Waals surface area contributed by atoms with Crippen molar-refractivity contribution >= 4 is 11.6 Å². The van der Waals surface area contributed by atoms with Crippen LogP contribution in [-0.4, -0.2) is 20.7 Å². The van der Waals surface area contributed by atoms with Gasteiger partial charge in [-0.05, 0) is 47.2 Å². The molecule has 1 aliphatic carbocycles. The molecule has 1 aliphatic heterocycles. The van der Waals surface area contributed by atoms with Crippen molar-refractivity contribution in [3.05, 3.63) is 76.9 Å². The predicted molar refractivity (Wildman–Crippen MR) is 104 cm³/mol. The number of hydrogen-bond donors (Lipinski definition) is 0. The SMILES string of the molecule is C[C@@H]1[C@@H](c2cccc(N3Cc4c(cccc4C(F)(F)F)C3=O)c2)[C@@H]1c1nncn1C. The van der Waals surface area contributed by atoms with Crippen LogP contribution in [0.4, 0.5) is 18.9 Å². The van der Waals surface area contributed by atoms with Gasteiger partial charge in [-0.2, -0.15) is 13.2 Å². The second kappa shape index (κ2) is 6.42. The Hall–Kier alpha value is -3.16. The molecule has 0 radical (unpaired) electrons. The van der Waals surface area contributed by atoms with Crippen molar-refractivity contribution in [2.24, 2.45) is 13.0 Å². The quantitative estimate of drug-likeness (QED) is 0.636. The van der Waals surface area contributed by atoms with Gasteiger partial charge in [0.25, 0.3) is 5.91 Å². The lowest BCUT2D eigenvalue weighted by molar-refractivity contribution is -0.138. The maximum atomic E-state index is 13.4. The monoisotopic (exact) mass is 412 g/mol. The molecule has 1 aromatic heterocycles. The summed E-state index contributed by atoms with van der Waals surface area (Å²) in [6.07, 6.45) is -2.82. The zero-order chi connectivity index (χ0) is 21.2. The molecule has 3 atom stereocenters. The van der Waals surface area contributed by atoms with Crippen molar-refractivity contribution in [3.63, 3.8) is 0 Å². The average Bonchev–Trinajstić information content (AvgIpc) is 3.01. The predicted octanol–water partition coefficient (Wildman–Crippen LogP) is 4.51. The minimum Gasteiger partial charge on any atom is -0.320 e. The largest absolute Gasteiger partial charge is 0.416 e. The third kappa shape index (κ3) is 2.81. The summed E-state index contributed by atoms with van der Waals surface area (Å²) < 4.78 is 42.1. The van der Waals surface area contributed by atoms with Gasteiger partial charge in [0.05, 0.1) is 12.1 Å². The van der Waals surface area contributed by atoms with Crippen LogP contribution in [0.2, 0.25) is 0 Å². The molecule has 0 spiro atoms. The maximum Gasteiger partial charge on any atom is 0.416 e. The molecule has 3 aromatic rings. The number of alkyl halides is 3. The number of benzene rings is 2. The molecule has 0 bridgehead atoms. The summed E-state index contributed by atoms with van der Waals surface area (Å²) >= 11 is 0. The Morgan fingerprint density at radius 1 is 1.10 bits per heavy atom. The molecule has 5 rings (SSSR count). The van der Waals surface area contributed by atoms with Gasteiger partial charge in [0.2, 0.25) is 0 Å². The van der Waals surface area contributed by atoms with Crippen LogP contribution in [-0.2, 0) is 19.8 Å². The number of fused-ring (bicyclic) bond motifs is 1. The zero-order valence-electron chi connectivity index (χ0n) is 16.4. The van der Waals surface area contributed by atoms with Crippen molar-refractivity contribution in [1.29, 1.82) is 0 Å². The van der Waals surface area contributed by atoms with E-state index in [2.05, 4.69) is 17.1 Å². The van der Waals surface area contributed by atoms with Crippen molar-refractivity contribution in [2.45, 2.75) is 31.5 Å². The lowest BCUT2D eigenvalue weighted by Crippen LogP contribution is -2.23. The summed E-state index contributed by atoms with van der Waals surface area (Å²) in [5.41, 5.74) is 1.07. The number of anilines is 1. The first kappa shape index (κ1) is 18.8. The molecule has 30 heavy (non-hydrogen) atoms. The van der Waals surface area contributed by atoms with E-state index in [-0.39, 0.29) is 29.5 Å². The number of hydrogen-bond acceptors (Lipinski definition) is 3. The van der Waals surface area contributed by atoms with Gasteiger partial charge >= 0.3 is 6.18 Å².